The van der Waals surface area contributed by atoms with Gasteiger partial charge in [-0.25, -0.2) is 4.68 Å². The van der Waals surface area contributed by atoms with Crippen molar-refractivity contribution in [2.24, 2.45) is 0 Å². The van der Waals surface area contributed by atoms with Crippen molar-refractivity contribution < 1.29 is 14.3 Å². The number of hydrogen-bond acceptors (Lipinski definition) is 5. The molecule has 29 heavy (non-hydrogen) atoms. The fourth-order valence-corrected chi connectivity index (χ4v) is 2.83. The number of aromatic nitrogens is 2. The summed E-state index contributed by atoms with van der Waals surface area (Å²) in [5, 5.41) is 7.18. The van der Waals surface area contributed by atoms with Crippen LogP contribution in [0.25, 0.3) is 11.3 Å². The fourth-order valence-electron chi connectivity index (χ4n) is 2.83. The highest BCUT2D eigenvalue weighted by Gasteiger charge is 2.20. The number of ether oxygens (including phenoxy) is 2. The van der Waals surface area contributed by atoms with E-state index in [1.54, 1.807) is 38.3 Å². The molecule has 1 atom stereocenters. The first-order valence-electron chi connectivity index (χ1n) is 9.12. The number of carbonyl (C=O) groups is 1. The largest absolute Gasteiger partial charge is 0.497 e. The van der Waals surface area contributed by atoms with Gasteiger partial charge in [-0.05, 0) is 32.0 Å². The highest BCUT2D eigenvalue weighted by Crippen LogP contribution is 2.29. The number of aryl methyl sites for hydroxylation is 1. The van der Waals surface area contributed by atoms with Crippen molar-refractivity contribution in [1.29, 1.82) is 0 Å². The van der Waals surface area contributed by atoms with E-state index in [0.717, 1.165) is 11.1 Å². The molecule has 7 heteroatoms. The lowest BCUT2D eigenvalue weighted by atomic mass is 10.1. The molecular weight excluding hydrogens is 370 g/mol. The normalized spacial score (nSPS) is 11.6. The van der Waals surface area contributed by atoms with Crippen LogP contribution in [0.4, 0.5) is 5.69 Å². The van der Waals surface area contributed by atoms with Gasteiger partial charge in [0, 0.05) is 17.7 Å². The summed E-state index contributed by atoms with van der Waals surface area (Å²) < 4.78 is 11.7. The van der Waals surface area contributed by atoms with Gasteiger partial charge in [-0.1, -0.05) is 29.8 Å². The Hall–Kier alpha value is -3.61. The number of amides is 1. The molecular formula is C22H23N3O4. The van der Waals surface area contributed by atoms with Crippen LogP contribution < -0.4 is 20.3 Å². The van der Waals surface area contributed by atoms with Crippen molar-refractivity contribution in [1.82, 2.24) is 9.78 Å². The van der Waals surface area contributed by atoms with Crippen molar-refractivity contribution in [3.63, 3.8) is 0 Å². The molecule has 150 valence electrons. The zero-order valence-electron chi connectivity index (χ0n) is 16.8. The summed E-state index contributed by atoms with van der Waals surface area (Å²) in [6.45, 7) is 3.62. The number of rotatable bonds is 6. The van der Waals surface area contributed by atoms with Gasteiger partial charge in [0.05, 0.1) is 25.6 Å². The second-order valence-electron chi connectivity index (χ2n) is 6.60. The molecule has 0 bridgehead atoms. The quantitative estimate of drug-likeness (QED) is 0.694. The number of hydrogen-bond donors (Lipinski definition) is 1. The number of methoxy groups -OCH3 is 2. The number of benzene rings is 2. The van der Waals surface area contributed by atoms with Gasteiger partial charge in [-0.3, -0.25) is 9.59 Å². The molecule has 0 saturated carbocycles. The molecule has 1 aromatic heterocycles. The van der Waals surface area contributed by atoms with E-state index >= 15 is 0 Å². The topological polar surface area (TPSA) is 82.5 Å². The Bertz CT molecular complexity index is 1070. The molecule has 0 spiro atoms. The average Bonchev–Trinajstić information content (AvgIpc) is 2.74. The molecule has 0 aliphatic carbocycles. The van der Waals surface area contributed by atoms with Crippen LogP contribution in [0.1, 0.15) is 18.5 Å². The predicted octanol–water partition coefficient (Wildman–Crippen LogP) is 3.44. The third-order valence-electron chi connectivity index (χ3n) is 4.59. The van der Waals surface area contributed by atoms with Crippen LogP contribution in [0.2, 0.25) is 0 Å². The maximum Gasteiger partial charge on any atom is 0.267 e. The van der Waals surface area contributed by atoms with E-state index in [0.29, 0.717) is 22.9 Å². The van der Waals surface area contributed by atoms with Gasteiger partial charge in [0.25, 0.3) is 5.56 Å². The molecule has 0 radical (unpaired) electrons. The summed E-state index contributed by atoms with van der Waals surface area (Å²) in [5.74, 6) is 0.680. The van der Waals surface area contributed by atoms with Gasteiger partial charge in [0.2, 0.25) is 5.91 Å². The van der Waals surface area contributed by atoms with E-state index in [1.165, 1.54) is 17.9 Å². The molecule has 0 aliphatic heterocycles. The van der Waals surface area contributed by atoms with Gasteiger partial charge in [-0.15, -0.1) is 0 Å². The Morgan fingerprint density at radius 1 is 1.03 bits per heavy atom. The number of nitrogens with one attached hydrogen (secondary N) is 1. The minimum Gasteiger partial charge on any atom is -0.497 e. The monoisotopic (exact) mass is 393 g/mol. The summed E-state index contributed by atoms with van der Waals surface area (Å²) in [5.41, 5.74) is 2.74. The van der Waals surface area contributed by atoms with Gasteiger partial charge in [0.15, 0.2) is 0 Å². The average molecular weight is 393 g/mol. The molecule has 0 saturated heterocycles. The Balaban J connectivity index is 1.87. The minimum atomic E-state index is -0.820. The van der Waals surface area contributed by atoms with Crippen LogP contribution in [0.15, 0.2) is 59.4 Å². The first kappa shape index (κ1) is 20.1. The summed E-state index contributed by atoms with van der Waals surface area (Å²) in [6, 6.07) is 15.1. The molecule has 1 N–H and O–H groups in total. The zero-order chi connectivity index (χ0) is 21.0. The van der Waals surface area contributed by atoms with E-state index in [1.807, 2.05) is 31.2 Å². The lowest BCUT2D eigenvalue weighted by Gasteiger charge is -2.17. The van der Waals surface area contributed by atoms with Crippen LogP contribution in [-0.4, -0.2) is 29.9 Å². The summed E-state index contributed by atoms with van der Waals surface area (Å²) in [4.78, 5) is 25.1. The standard InChI is InChI=1S/C22H23N3O4/c1-14-5-7-16(8-6-14)18-11-12-21(26)25(24-18)15(2)22(27)23-19-10-9-17(28-3)13-20(19)29-4/h5-13,15H,1-4H3,(H,23,27)/t15-/m0/s1. The first-order chi connectivity index (χ1) is 13.9. The Morgan fingerprint density at radius 3 is 2.41 bits per heavy atom. The van der Waals surface area contributed by atoms with Gasteiger partial charge in [0.1, 0.15) is 17.5 Å². The molecule has 3 aromatic rings. The molecule has 0 fully saturated rings. The van der Waals surface area contributed by atoms with Crippen LogP contribution >= 0.6 is 0 Å². The maximum atomic E-state index is 12.8. The zero-order valence-corrected chi connectivity index (χ0v) is 16.8. The first-order valence-corrected chi connectivity index (χ1v) is 9.12. The molecule has 7 nitrogen and oxygen atoms in total. The minimum absolute atomic E-state index is 0.356. The smallest absolute Gasteiger partial charge is 0.267 e. The molecule has 2 aromatic carbocycles. The van der Waals surface area contributed by atoms with Gasteiger partial charge in [-0.2, -0.15) is 5.10 Å². The second kappa shape index (κ2) is 8.60. The molecule has 0 unspecified atom stereocenters. The highest BCUT2D eigenvalue weighted by molar-refractivity contribution is 5.94. The SMILES string of the molecule is COc1ccc(NC(=O)[C@H](C)n2nc(-c3ccc(C)cc3)ccc2=O)c(OC)c1. The third kappa shape index (κ3) is 4.45. The van der Waals surface area contributed by atoms with E-state index in [9.17, 15) is 9.59 Å². The third-order valence-corrected chi connectivity index (χ3v) is 4.59. The number of anilines is 1. The van der Waals surface area contributed by atoms with Crippen LogP contribution in [-0.2, 0) is 4.79 Å². The van der Waals surface area contributed by atoms with Crippen LogP contribution in [0.3, 0.4) is 0 Å². The summed E-state index contributed by atoms with van der Waals surface area (Å²) in [6.07, 6.45) is 0. The van der Waals surface area contributed by atoms with Crippen LogP contribution in [0.5, 0.6) is 11.5 Å². The molecule has 1 amide bonds. The second-order valence-corrected chi connectivity index (χ2v) is 6.60. The highest BCUT2D eigenvalue weighted by atomic mass is 16.5. The Morgan fingerprint density at radius 2 is 1.76 bits per heavy atom. The summed E-state index contributed by atoms with van der Waals surface area (Å²) in [7, 11) is 3.05. The van der Waals surface area contributed by atoms with E-state index in [4.69, 9.17) is 9.47 Å². The van der Waals surface area contributed by atoms with Gasteiger partial charge >= 0.3 is 0 Å². The van der Waals surface area contributed by atoms with E-state index in [2.05, 4.69) is 10.4 Å². The van der Waals surface area contributed by atoms with Crippen molar-refractivity contribution in [3.8, 4) is 22.8 Å². The fraction of sp³-hybridized carbons (Fsp3) is 0.227. The number of nitrogens with zero attached hydrogens (tertiary/aromatic N) is 2. The van der Waals surface area contributed by atoms with Crippen molar-refractivity contribution in [2.45, 2.75) is 19.9 Å². The Labute approximate surface area is 168 Å². The van der Waals surface area contributed by atoms with Crippen molar-refractivity contribution in [2.75, 3.05) is 19.5 Å². The van der Waals surface area contributed by atoms with E-state index in [-0.39, 0.29) is 11.5 Å². The van der Waals surface area contributed by atoms with E-state index < -0.39 is 6.04 Å². The van der Waals surface area contributed by atoms with Crippen LogP contribution in [0, 0.1) is 6.92 Å². The molecule has 0 aliphatic rings. The molecule has 3 rings (SSSR count). The Kier molecular flexibility index (Phi) is 5.97. The predicted molar refractivity (Wildman–Crippen MR) is 112 cm³/mol. The lowest BCUT2D eigenvalue weighted by molar-refractivity contribution is -0.119. The number of carbonyl (C=O) groups excluding carboxylic acids is 1. The van der Waals surface area contributed by atoms with Gasteiger partial charge < -0.3 is 14.8 Å². The van der Waals surface area contributed by atoms with Crippen molar-refractivity contribution in [3.05, 3.63) is 70.5 Å². The lowest BCUT2D eigenvalue weighted by Crippen LogP contribution is -2.33. The van der Waals surface area contributed by atoms with Crippen molar-refractivity contribution >= 4 is 11.6 Å². The summed E-state index contributed by atoms with van der Waals surface area (Å²) >= 11 is 0. The molecule has 1 heterocycles. The maximum absolute atomic E-state index is 12.8.